The molecule has 2 N–H and O–H groups in total. The Hall–Kier alpha value is -3.07. The molecule has 8 nitrogen and oxygen atoms in total. The number of carbonyl (C=O) groups is 1. The van der Waals surface area contributed by atoms with Gasteiger partial charge in [-0.1, -0.05) is 13.8 Å². The smallest absolute Gasteiger partial charge is 0.323 e. The number of oxazole rings is 1. The molecule has 0 spiro atoms. The van der Waals surface area contributed by atoms with E-state index in [1.54, 1.807) is 31.6 Å². The zero-order valence-corrected chi connectivity index (χ0v) is 17.2. The lowest BCUT2D eigenvalue weighted by molar-refractivity contribution is 0.119. The average molecular weight is 412 g/mol. The monoisotopic (exact) mass is 412 g/mol. The van der Waals surface area contributed by atoms with Gasteiger partial charge >= 0.3 is 6.03 Å². The van der Waals surface area contributed by atoms with Gasteiger partial charge in [0.2, 0.25) is 0 Å². The van der Waals surface area contributed by atoms with Gasteiger partial charge in [0, 0.05) is 43.3 Å². The predicted molar refractivity (Wildman–Crippen MR) is 112 cm³/mol. The zero-order valence-electron chi connectivity index (χ0n) is 17.2. The van der Waals surface area contributed by atoms with Crippen molar-refractivity contribution in [1.82, 2.24) is 25.2 Å². The Morgan fingerprint density at radius 1 is 1.20 bits per heavy atom. The van der Waals surface area contributed by atoms with Gasteiger partial charge in [-0.15, -0.1) is 0 Å². The van der Waals surface area contributed by atoms with E-state index in [1.807, 2.05) is 19.9 Å². The van der Waals surface area contributed by atoms with E-state index in [-0.39, 0.29) is 24.7 Å². The molecule has 4 rings (SSSR count). The summed E-state index contributed by atoms with van der Waals surface area (Å²) in [5.74, 6) is 1.54. The number of hydrogen-bond acceptors (Lipinski definition) is 6. The van der Waals surface area contributed by atoms with Crippen molar-refractivity contribution in [1.29, 1.82) is 0 Å². The number of hydrogen-bond donors (Lipinski definition) is 2. The van der Waals surface area contributed by atoms with Crippen LogP contribution in [-0.2, 0) is 0 Å². The van der Waals surface area contributed by atoms with Crippen molar-refractivity contribution in [3.63, 3.8) is 0 Å². The largest absolute Gasteiger partial charge is 0.439 e. The van der Waals surface area contributed by atoms with E-state index >= 15 is 0 Å². The molecule has 0 unspecified atom stereocenters. The highest BCUT2D eigenvalue weighted by molar-refractivity contribution is 5.92. The molecule has 9 heteroatoms. The molecule has 0 aliphatic carbocycles. The van der Waals surface area contributed by atoms with Crippen LogP contribution in [0.1, 0.15) is 26.2 Å². The van der Waals surface area contributed by atoms with Crippen molar-refractivity contribution in [3.8, 4) is 11.5 Å². The second kappa shape index (κ2) is 8.35. The number of pyridine rings is 2. The van der Waals surface area contributed by atoms with Gasteiger partial charge < -0.3 is 14.6 Å². The number of halogens is 1. The third-order valence-electron chi connectivity index (χ3n) is 5.09. The first-order chi connectivity index (χ1) is 14.4. The highest BCUT2D eigenvalue weighted by Gasteiger charge is 2.31. The number of anilines is 1. The fourth-order valence-corrected chi connectivity index (χ4v) is 3.61. The number of alkyl halides is 1. The van der Waals surface area contributed by atoms with Crippen LogP contribution in [0.5, 0.6) is 0 Å². The summed E-state index contributed by atoms with van der Waals surface area (Å²) in [4.78, 5) is 26.9. The number of piperidine rings is 1. The molecule has 30 heavy (non-hydrogen) atoms. The van der Waals surface area contributed by atoms with Crippen LogP contribution in [0.4, 0.5) is 15.0 Å². The number of urea groups is 1. The third kappa shape index (κ3) is 4.40. The number of nitrogens with zero attached hydrogens (tertiary/aromatic N) is 4. The molecule has 3 aromatic rings. The molecule has 2 atom stereocenters. The molecule has 0 bridgehead atoms. The van der Waals surface area contributed by atoms with Crippen molar-refractivity contribution in [2.75, 3.05) is 18.4 Å². The van der Waals surface area contributed by atoms with Crippen LogP contribution in [0, 0.1) is 6.92 Å². The molecular formula is C21H25FN6O2. The van der Waals surface area contributed by atoms with Gasteiger partial charge in [0.05, 0.1) is 12.7 Å². The zero-order chi connectivity index (χ0) is 21.3. The lowest BCUT2D eigenvalue weighted by atomic mass is 10.0. The number of nitrogens with one attached hydrogen (secondary N) is 2. The molecule has 4 heterocycles. The van der Waals surface area contributed by atoms with Crippen LogP contribution >= 0.6 is 0 Å². The van der Waals surface area contributed by atoms with Gasteiger partial charge in [-0.25, -0.2) is 19.2 Å². The molecule has 1 aliphatic rings. The van der Waals surface area contributed by atoms with E-state index in [4.69, 9.17) is 4.42 Å². The molecule has 3 aromatic heterocycles. The standard InChI is InChI=1S/C21H25FN6O2/c1-12(2)26-17-4-5-28(11-16(17)22)21(29)27-20-7-14-6-18(19-10-23-13(3)30-19)24-8-15(14)9-25-20/h6-10,12,16-17,26H,4-5,11H2,1-3H3,(H,25,27,29)/t16-,17-/m0/s1. The average Bonchev–Trinajstić information content (AvgIpc) is 3.15. The molecule has 1 saturated heterocycles. The van der Waals surface area contributed by atoms with Crippen LogP contribution in [0.15, 0.2) is 35.1 Å². The number of aryl methyl sites for hydroxylation is 1. The Labute approximate surface area is 173 Å². The molecule has 1 aliphatic heterocycles. The van der Waals surface area contributed by atoms with E-state index in [1.165, 1.54) is 4.90 Å². The summed E-state index contributed by atoms with van der Waals surface area (Å²) in [6.45, 7) is 6.29. The number of fused-ring (bicyclic) bond motifs is 1. The summed E-state index contributed by atoms with van der Waals surface area (Å²) in [5, 5.41) is 7.67. The molecular weight excluding hydrogens is 387 g/mol. The van der Waals surface area contributed by atoms with Crippen molar-refractivity contribution in [2.45, 2.75) is 45.4 Å². The first kappa shape index (κ1) is 20.2. The lowest BCUT2D eigenvalue weighted by Crippen LogP contribution is -2.54. The normalized spacial score (nSPS) is 19.4. The lowest BCUT2D eigenvalue weighted by Gasteiger charge is -2.35. The van der Waals surface area contributed by atoms with Gasteiger partial charge in [0.25, 0.3) is 0 Å². The topological polar surface area (TPSA) is 96.2 Å². The van der Waals surface area contributed by atoms with Crippen LogP contribution in [0.25, 0.3) is 22.2 Å². The van der Waals surface area contributed by atoms with Crippen LogP contribution in [0.3, 0.4) is 0 Å². The van der Waals surface area contributed by atoms with E-state index in [2.05, 4.69) is 25.6 Å². The van der Waals surface area contributed by atoms with E-state index in [0.29, 0.717) is 36.1 Å². The van der Waals surface area contributed by atoms with Gasteiger partial charge in [-0.2, -0.15) is 0 Å². The third-order valence-corrected chi connectivity index (χ3v) is 5.09. The SMILES string of the molecule is Cc1ncc(-c2cc3cc(NC(=O)N4CC[C@H](NC(C)C)[C@@H](F)C4)ncc3cn2)o1. The Morgan fingerprint density at radius 3 is 2.70 bits per heavy atom. The minimum atomic E-state index is -1.10. The Bertz CT molecular complexity index is 1050. The minimum Gasteiger partial charge on any atom is -0.439 e. The van der Waals surface area contributed by atoms with Gasteiger partial charge in [-0.3, -0.25) is 10.3 Å². The number of likely N-dealkylation sites (tertiary alicyclic amines) is 1. The van der Waals surface area contributed by atoms with Gasteiger partial charge in [0.15, 0.2) is 11.7 Å². The van der Waals surface area contributed by atoms with E-state index < -0.39 is 6.17 Å². The number of carbonyl (C=O) groups excluding carboxylic acids is 1. The summed E-state index contributed by atoms with van der Waals surface area (Å²) in [6, 6.07) is 3.25. The van der Waals surface area contributed by atoms with E-state index in [0.717, 1.165) is 10.8 Å². The first-order valence-corrected chi connectivity index (χ1v) is 10.0. The highest BCUT2D eigenvalue weighted by atomic mass is 19.1. The first-order valence-electron chi connectivity index (χ1n) is 10.0. The van der Waals surface area contributed by atoms with Crippen LogP contribution in [0.2, 0.25) is 0 Å². The van der Waals surface area contributed by atoms with Crippen LogP contribution < -0.4 is 10.6 Å². The van der Waals surface area contributed by atoms with Crippen LogP contribution in [-0.4, -0.2) is 57.2 Å². The molecule has 0 radical (unpaired) electrons. The quantitative estimate of drug-likeness (QED) is 0.681. The fraction of sp³-hybridized carbons (Fsp3) is 0.429. The predicted octanol–water partition coefficient (Wildman–Crippen LogP) is 3.54. The number of rotatable bonds is 4. The number of aromatic nitrogens is 3. The Kier molecular flexibility index (Phi) is 5.63. The molecule has 1 fully saturated rings. The second-order valence-electron chi connectivity index (χ2n) is 7.84. The van der Waals surface area contributed by atoms with Crippen molar-refractivity contribution >= 4 is 22.6 Å². The maximum Gasteiger partial charge on any atom is 0.323 e. The van der Waals surface area contributed by atoms with Crippen molar-refractivity contribution in [2.24, 2.45) is 0 Å². The Balaban J connectivity index is 1.46. The van der Waals surface area contributed by atoms with Gasteiger partial charge in [0.1, 0.15) is 17.7 Å². The molecule has 0 aromatic carbocycles. The molecule has 158 valence electrons. The maximum absolute atomic E-state index is 14.5. The summed E-state index contributed by atoms with van der Waals surface area (Å²) < 4.78 is 20.0. The number of amides is 2. The summed E-state index contributed by atoms with van der Waals surface area (Å²) in [7, 11) is 0. The Morgan fingerprint density at radius 2 is 2.00 bits per heavy atom. The summed E-state index contributed by atoms with van der Waals surface area (Å²) >= 11 is 0. The van der Waals surface area contributed by atoms with Gasteiger partial charge in [-0.05, 0) is 23.9 Å². The molecule has 2 amide bonds. The minimum absolute atomic E-state index is 0.0582. The highest BCUT2D eigenvalue weighted by Crippen LogP contribution is 2.24. The summed E-state index contributed by atoms with van der Waals surface area (Å²) in [6.07, 6.45) is 4.43. The second-order valence-corrected chi connectivity index (χ2v) is 7.84. The maximum atomic E-state index is 14.5. The van der Waals surface area contributed by atoms with E-state index in [9.17, 15) is 9.18 Å². The summed E-state index contributed by atoms with van der Waals surface area (Å²) in [5.41, 5.74) is 0.645. The fourth-order valence-electron chi connectivity index (χ4n) is 3.61. The van der Waals surface area contributed by atoms with Crippen molar-refractivity contribution in [3.05, 3.63) is 36.6 Å². The van der Waals surface area contributed by atoms with Crippen molar-refractivity contribution < 1.29 is 13.6 Å². The molecule has 0 saturated carbocycles.